The minimum Gasteiger partial charge on any atom is -0.372 e. The van der Waals surface area contributed by atoms with E-state index in [1.807, 2.05) is 4.90 Å². The van der Waals surface area contributed by atoms with Crippen LogP contribution in [0.2, 0.25) is 5.02 Å². The van der Waals surface area contributed by atoms with Gasteiger partial charge in [-0.15, -0.1) is 0 Å². The summed E-state index contributed by atoms with van der Waals surface area (Å²) in [6, 6.07) is 11.5. The first-order chi connectivity index (χ1) is 14.8. The molecule has 1 saturated heterocycles. The third kappa shape index (κ3) is 4.96. The summed E-state index contributed by atoms with van der Waals surface area (Å²) in [4.78, 5) is 29.1. The van der Waals surface area contributed by atoms with E-state index in [-0.39, 0.29) is 18.4 Å². The fraction of sp³-hybridized carbons (Fsp3) is 0.333. The van der Waals surface area contributed by atoms with E-state index in [2.05, 4.69) is 64.4 Å². The number of nitrogens with one attached hydrogen (secondary N) is 1. The molecule has 0 aliphatic carbocycles. The van der Waals surface area contributed by atoms with Gasteiger partial charge in [-0.3, -0.25) is 9.59 Å². The molecule has 0 bridgehead atoms. The molecule has 2 aliphatic heterocycles. The fourth-order valence-corrected chi connectivity index (χ4v) is 4.73. The Morgan fingerprint density at radius 1 is 1.16 bits per heavy atom. The van der Waals surface area contributed by atoms with Crippen molar-refractivity contribution in [3.05, 3.63) is 79.9 Å². The number of carbonyl (C=O) groups excluding carboxylic acids is 2. The molecule has 31 heavy (non-hydrogen) atoms. The van der Waals surface area contributed by atoms with Crippen LogP contribution in [0.4, 0.5) is 0 Å². The number of rotatable bonds is 5. The Morgan fingerprint density at radius 3 is 2.68 bits per heavy atom. The Hall–Kier alpha value is -2.31. The lowest BCUT2D eigenvalue weighted by atomic mass is 10.1. The zero-order valence-corrected chi connectivity index (χ0v) is 20.0. The number of hydrogen-bond acceptors (Lipinski definition) is 3. The predicted molar refractivity (Wildman–Crippen MR) is 126 cm³/mol. The van der Waals surface area contributed by atoms with Gasteiger partial charge in [-0.2, -0.15) is 0 Å². The molecule has 5 nitrogen and oxygen atoms in total. The van der Waals surface area contributed by atoms with E-state index in [0.717, 1.165) is 13.1 Å². The molecule has 2 aromatic rings. The van der Waals surface area contributed by atoms with Crippen LogP contribution in [-0.4, -0.2) is 47.8 Å². The van der Waals surface area contributed by atoms with E-state index in [1.165, 1.54) is 22.3 Å². The number of fused-ring (bicyclic) bond motifs is 1. The van der Waals surface area contributed by atoms with Crippen LogP contribution in [0.1, 0.15) is 27.0 Å². The van der Waals surface area contributed by atoms with Crippen LogP contribution in [0.15, 0.2) is 52.6 Å². The van der Waals surface area contributed by atoms with Gasteiger partial charge in [0.15, 0.2) is 0 Å². The highest BCUT2D eigenvalue weighted by molar-refractivity contribution is 9.10. The first-order valence-corrected chi connectivity index (χ1v) is 11.5. The highest BCUT2D eigenvalue weighted by atomic mass is 79.9. The lowest BCUT2D eigenvalue weighted by Crippen LogP contribution is -2.39. The van der Waals surface area contributed by atoms with Gasteiger partial charge in [0.05, 0.1) is 11.6 Å². The van der Waals surface area contributed by atoms with Crippen LogP contribution in [0.3, 0.4) is 0 Å². The first kappa shape index (κ1) is 21.9. The summed E-state index contributed by atoms with van der Waals surface area (Å²) in [5.74, 6) is 0.0270. The highest BCUT2D eigenvalue weighted by Gasteiger charge is 2.35. The first-order valence-electron chi connectivity index (χ1n) is 10.3. The van der Waals surface area contributed by atoms with Crippen LogP contribution < -0.4 is 5.32 Å². The van der Waals surface area contributed by atoms with Crippen molar-refractivity contribution in [2.45, 2.75) is 20.4 Å². The van der Waals surface area contributed by atoms with Gasteiger partial charge in [0.25, 0.3) is 5.91 Å². The summed E-state index contributed by atoms with van der Waals surface area (Å²) in [6.07, 6.45) is 2.21. The van der Waals surface area contributed by atoms with E-state index in [9.17, 15) is 9.59 Å². The van der Waals surface area contributed by atoms with Crippen LogP contribution >= 0.6 is 27.5 Å². The van der Waals surface area contributed by atoms with Crippen LogP contribution in [0, 0.1) is 19.8 Å². The van der Waals surface area contributed by atoms with E-state index in [0.29, 0.717) is 34.1 Å². The Balaban J connectivity index is 1.30. The summed E-state index contributed by atoms with van der Waals surface area (Å²) in [5, 5.41) is 3.25. The molecule has 2 aromatic carbocycles. The van der Waals surface area contributed by atoms with Crippen molar-refractivity contribution in [2.75, 3.05) is 26.2 Å². The van der Waals surface area contributed by atoms with Gasteiger partial charge in [0, 0.05) is 48.3 Å². The van der Waals surface area contributed by atoms with Crippen LogP contribution in [0.25, 0.3) is 0 Å². The molecular formula is C24H25BrClN3O2. The third-order valence-electron chi connectivity index (χ3n) is 5.95. The molecule has 1 fully saturated rings. The normalized spacial score (nSPS) is 17.5. The maximum absolute atomic E-state index is 12.6. The van der Waals surface area contributed by atoms with E-state index < -0.39 is 0 Å². The van der Waals surface area contributed by atoms with Crippen molar-refractivity contribution < 1.29 is 9.59 Å². The summed E-state index contributed by atoms with van der Waals surface area (Å²) < 4.78 is 0.651. The molecule has 0 saturated carbocycles. The summed E-state index contributed by atoms with van der Waals surface area (Å²) >= 11 is 9.28. The number of nitrogens with zero attached hydrogens (tertiary/aromatic N) is 2. The van der Waals surface area contributed by atoms with Crippen LogP contribution in [-0.2, 0) is 11.3 Å². The number of likely N-dealkylation sites (tertiary alicyclic amines) is 1. The molecule has 1 atom stereocenters. The summed E-state index contributed by atoms with van der Waals surface area (Å²) in [6.45, 7) is 7.42. The quantitative estimate of drug-likeness (QED) is 0.663. The molecular weight excluding hydrogens is 478 g/mol. The van der Waals surface area contributed by atoms with Crippen molar-refractivity contribution in [3.8, 4) is 0 Å². The molecule has 2 aliphatic rings. The lowest BCUT2D eigenvalue weighted by molar-refractivity contribution is -0.129. The molecule has 1 unspecified atom stereocenters. The number of halogens is 2. The SMILES string of the molecule is Cc1ccc(CN2C=C3CN(C(=O)CNC(=O)c4ccc(Cl)c(Br)c4)CC3C2)c(C)c1. The maximum atomic E-state index is 12.6. The second-order valence-electron chi connectivity index (χ2n) is 8.35. The third-order valence-corrected chi connectivity index (χ3v) is 7.16. The standard InChI is InChI=1S/C24H25BrClN3O2/c1-15-3-4-18(16(2)7-15)10-28-11-19-13-29(14-20(19)12-28)23(30)9-27-24(31)17-5-6-22(26)21(25)8-17/h3-8,11,20H,9-10,12-14H2,1-2H3,(H,27,31). The van der Waals surface area contributed by atoms with Crippen LogP contribution in [0.5, 0.6) is 0 Å². The van der Waals surface area contributed by atoms with Gasteiger partial charge < -0.3 is 15.1 Å². The van der Waals surface area contributed by atoms with E-state index >= 15 is 0 Å². The minimum atomic E-state index is -0.288. The molecule has 7 heteroatoms. The van der Waals surface area contributed by atoms with Gasteiger partial charge in [-0.05, 0) is 64.7 Å². The summed E-state index contributed by atoms with van der Waals surface area (Å²) in [5.41, 5.74) is 5.70. The average molecular weight is 503 g/mol. The number of amides is 2. The smallest absolute Gasteiger partial charge is 0.251 e. The van der Waals surface area contributed by atoms with Gasteiger partial charge in [0.1, 0.15) is 0 Å². The summed E-state index contributed by atoms with van der Waals surface area (Å²) in [7, 11) is 0. The maximum Gasteiger partial charge on any atom is 0.251 e. The Morgan fingerprint density at radius 2 is 1.97 bits per heavy atom. The second-order valence-corrected chi connectivity index (χ2v) is 9.61. The Bertz CT molecular complexity index is 1070. The van der Waals surface area contributed by atoms with Crippen molar-refractivity contribution in [1.82, 2.24) is 15.1 Å². The molecule has 1 N–H and O–H groups in total. The van der Waals surface area contributed by atoms with Crippen molar-refractivity contribution in [2.24, 2.45) is 5.92 Å². The highest BCUT2D eigenvalue weighted by Crippen LogP contribution is 2.31. The predicted octanol–water partition coefficient (Wildman–Crippen LogP) is 4.31. The van der Waals surface area contributed by atoms with Gasteiger partial charge in [-0.1, -0.05) is 35.4 Å². The molecule has 162 valence electrons. The van der Waals surface area contributed by atoms with Crippen molar-refractivity contribution >= 4 is 39.3 Å². The van der Waals surface area contributed by atoms with Crippen molar-refractivity contribution in [3.63, 3.8) is 0 Å². The number of hydrogen-bond donors (Lipinski definition) is 1. The van der Waals surface area contributed by atoms with Gasteiger partial charge in [0.2, 0.25) is 5.91 Å². The van der Waals surface area contributed by atoms with Crippen molar-refractivity contribution in [1.29, 1.82) is 0 Å². The molecule has 0 aromatic heterocycles. The topological polar surface area (TPSA) is 52.6 Å². The number of benzene rings is 2. The second kappa shape index (κ2) is 9.05. The van der Waals surface area contributed by atoms with Gasteiger partial charge >= 0.3 is 0 Å². The van der Waals surface area contributed by atoms with E-state index in [1.54, 1.807) is 18.2 Å². The Kier molecular flexibility index (Phi) is 6.39. The largest absolute Gasteiger partial charge is 0.372 e. The van der Waals surface area contributed by atoms with Gasteiger partial charge in [-0.25, -0.2) is 0 Å². The number of carbonyl (C=O) groups is 2. The zero-order chi connectivity index (χ0) is 22.1. The fourth-order valence-electron chi connectivity index (χ4n) is 4.24. The zero-order valence-electron chi connectivity index (χ0n) is 17.6. The molecule has 2 amide bonds. The monoisotopic (exact) mass is 501 g/mol. The molecule has 0 spiro atoms. The molecule has 2 heterocycles. The number of aryl methyl sites for hydroxylation is 2. The molecule has 4 rings (SSSR count). The minimum absolute atomic E-state index is 0.00858. The Labute approximate surface area is 196 Å². The lowest BCUT2D eigenvalue weighted by Gasteiger charge is -2.22. The molecule has 0 radical (unpaired) electrons. The average Bonchev–Trinajstić information content (AvgIpc) is 3.29. The van der Waals surface area contributed by atoms with E-state index in [4.69, 9.17) is 11.6 Å².